The average Bonchev–Trinajstić information content (AvgIpc) is 3.20. The maximum absolute atomic E-state index is 12.0. The number of nitrogens with one attached hydrogen (secondary N) is 3. The van der Waals surface area contributed by atoms with Crippen molar-refractivity contribution in [2.45, 2.75) is 19.0 Å². The van der Waals surface area contributed by atoms with Crippen LogP contribution in [0, 0.1) is 0 Å². The molecule has 8 nitrogen and oxygen atoms in total. The van der Waals surface area contributed by atoms with E-state index < -0.39 is 6.04 Å². The van der Waals surface area contributed by atoms with Crippen molar-refractivity contribution in [2.75, 3.05) is 7.11 Å². The molecular weight excluding hydrogens is 296 g/mol. The van der Waals surface area contributed by atoms with Crippen LogP contribution in [-0.2, 0) is 17.8 Å². The van der Waals surface area contributed by atoms with Crippen LogP contribution in [0.15, 0.2) is 30.7 Å². The SMILES string of the molecule is COc1ccc2nc(CNC(=O)[C@@H](N)Cc3cnc[nH]3)[nH]c2c1. The van der Waals surface area contributed by atoms with Crippen molar-refractivity contribution in [3.8, 4) is 5.75 Å². The number of amides is 1. The molecule has 2 heterocycles. The lowest BCUT2D eigenvalue weighted by atomic mass is 10.1. The molecule has 8 heteroatoms. The molecule has 2 aromatic heterocycles. The van der Waals surface area contributed by atoms with Crippen molar-refractivity contribution in [2.24, 2.45) is 5.73 Å². The van der Waals surface area contributed by atoms with Gasteiger partial charge in [0.1, 0.15) is 11.6 Å². The molecule has 3 rings (SSSR count). The number of hydrogen-bond donors (Lipinski definition) is 4. The van der Waals surface area contributed by atoms with E-state index in [2.05, 4.69) is 25.3 Å². The molecule has 0 fully saturated rings. The summed E-state index contributed by atoms with van der Waals surface area (Å²) >= 11 is 0. The van der Waals surface area contributed by atoms with Gasteiger partial charge in [0.05, 0.1) is 37.1 Å². The topological polar surface area (TPSA) is 122 Å². The van der Waals surface area contributed by atoms with E-state index in [1.807, 2.05) is 18.2 Å². The van der Waals surface area contributed by atoms with E-state index in [1.165, 1.54) is 0 Å². The summed E-state index contributed by atoms with van der Waals surface area (Å²) in [6.45, 7) is 0.284. The zero-order chi connectivity index (χ0) is 16.2. The molecule has 120 valence electrons. The zero-order valence-corrected chi connectivity index (χ0v) is 12.7. The smallest absolute Gasteiger partial charge is 0.237 e. The molecule has 0 aliphatic heterocycles. The molecule has 1 atom stereocenters. The molecule has 0 saturated heterocycles. The minimum absolute atomic E-state index is 0.238. The Labute approximate surface area is 132 Å². The summed E-state index contributed by atoms with van der Waals surface area (Å²) in [4.78, 5) is 26.4. The molecule has 23 heavy (non-hydrogen) atoms. The van der Waals surface area contributed by atoms with Gasteiger partial charge in [0, 0.05) is 24.4 Å². The Morgan fingerprint density at radius 1 is 1.48 bits per heavy atom. The maximum Gasteiger partial charge on any atom is 0.237 e. The summed E-state index contributed by atoms with van der Waals surface area (Å²) in [5, 5.41) is 2.78. The van der Waals surface area contributed by atoms with E-state index in [0.717, 1.165) is 22.5 Å². The minimum atomic E-state index is -0.639. The van der Waals surface area contributed by atoms with E-state index in [4.69, 9.17) is 10.5 Å². The molecule has 0 bridgehead atoms. The fraction of sp³-hybridized carbons (Fsp3) is 0.267. The van der Waals surface area contributed by atoms with E-state index in [1.54, 1.807) is 19.6 Å². The number of imidazole rings is 2. The highest BCUT2D eigenvalue weighted by atomic mass is 16.5. The van der Waals surface area contributed by atoms with Crippen LogP contribution in [0.4, 0.5) is 0 Å². The third-order valence-electron chi connectivity index (χ3n) is 3.50. The van der Waals surface area contributed by atoms with E-state index >= 15 is 0 Å². The Bertz CT molecular complexity index is 796. The van der Waals surface area contributed by atoms with Gasteiger partial charge >= 0.3 is 0 Å². The van der Waals surface area contributed by atoms with E-state index in [-0.39, 0.29) is 12.5 Å². The molecule has 1 aromatic carbocycles. The Kier molecular flexibility index (Phi) is 4.24. The lowest BCUT2D eigenvalue weighted by Crippen LogP contribution is -2.41. The van der Waals surface area contributed by atoms with Crippen molar-refractivity contribution in [3.05, 3.63) is 42.2 Å². The molecule has 0 aliphatic rings. The number of aromatic nitrogens is 4. The predicted molar refractivity (Wildman–Crippen MR) is 84.8 cm³/mol. The van der Waals surface area contributed by atoms with Gasteiger partial charge in [-0.15, -0.1) is 0 Å². The summed E-state index contributed by atoms with van der Waals surface area (Å²) < 4.78 is 5.17. The van der Waals surface area contributed by atoms with E-state index in [0.29, 0.717) is 12.2 Å². The molecule has 0 spiro atoms. The third kappa shape index (κ3) is 3.49. The predicted octanol–water partition coefficient (Wildman–Crippen LogP) is 0.481. The highest BCUT2D eigenvalue weighted by Crippen LogP contribution is 2.18. The zero-order valence-electron chi connectivity index (χ0n) is 12.7. The van der Waals surface area contributed by atoms with Crippen LogP contribution in [0.3, 0.4) is 0 Å². The number of nitrogens with two attached hydrogens (primary N) is 1. The lowest BCUT2D eigenvalue weighted by Gasteiger charge is -2.10. The average molecular weight is 314 g/mol. The van der Waals surface area contributed by atoms with Crippen molar-refractivity contribution in [1.82, 2.24) is 25.3 Å². The standard InChI is InChI=1S/C15H18N6O2/c1-23-10-2-3-12-13(5-10)21-14(20-12)7-18-15(22)11(16)4-9-6-17-8-19-9/h2-3,5-6,8,11H,4,7,16H2,1H3,(H,17,19)(H,18,22)(H,20,21)/t11-/m0/s1. The number of benzene rings is 1. The number of hydrogen-bond acceptors (Lipinski definition) is 5. The number of ether oxygens (including phenoxy) is 1. The fourth-order valence-electron chi connectivity index (χ4n) is 2.28. The molecule has 1 amide bonds. The number of nitrogens with zero attached hydrogens (tertiary/aromatic N) is 2. The molecule has 0 radical (unpaired) electrons. The van der Waals surface area contributed by atoms with Crippen molar-refractivity contribution in [3.63, 3.8) is 0 Å². The molecule has 3 aromatic rings. The first-order chi connectivity index (χ1) is 11.2. The van der Waals surface area contributed by atoms with Crippen molar-refractivity contribution < 1.29 is 9.53 Å². The number of carbonyl (C=O) groups is 1. The number of H-pyrrole nitrogens is 2. The number of fused-ring (bicyclic) bond motifs is 1. The summed E-state index contributed by atoms with van der Waals surface area (Å²) in [5.41, 5.74) is 8.37. The van der Waals surface area contributed by atoms with Gasteiger partial charge in [-0.05, 0) is 12.1 Å². The van der Waals surface area contributed by atoms with Gasteiger partial charge in [-0.25, -0.2) is 9.97 Å². The van der Waals surface area contributed by atoms with Gasteiger partial charge in [-0.3, -0.25) is 4.79 Å². The molecule has 5 N–H and O–H groups in total. The first kappa shape index (κ1) is 15.0. The van der Waals surface area contributed by atoms with Gasteiger partial charge in [0.15, 0.2) is 0 Å². The molecule has 0 unspecified atom stereocenters. The monoisotopic (exact) mass is 314 g/mol. The summed E-state index contributed by atoms with van der Waals surface area (Å²) in [6, 6.07) is 4.92. The van der Waals surface area contributed by atoms with Gasteiger partial charge < -0.3 is 25.8 Å². The maximum atomic E-state index is 12.0. The largest absolute Gasteiger partial charge is 0.497 e. The van der Waals surface area contributed by atoms with Gasteiger partial charge in [0.2, 0.25) is 5.91 Å². The highest BCUT2D eigenvalue weighted by molar-refractivity contribution is 5.82. The van der Waals surface area contributed by atoms with Crippen LogP contribution in [-0.4, -0.2) is 39.0 Å². The quantitative estimate of drug-likeness (QED) is 0.527. The Balaban J connectivity index is 1.60. The van der Waals surface area contributed by atoms with Crippen LogP contribution in [0.25, 0.3) is 11.0 Å². The normalized spacial score (nSPS) is 12.3. The lowest BCUT2D eigenvalue weighted by molar-refractivity contribution is -0.122. The van der Waals surface area contributed by atoms with Crippen molar-refractivity contribution >= 4 is 16.9 Å². The molecule has 0 saturated carbocycles. The number of aromatic amines is 2. The second-order valence-electron chi connectivity index (χ2n) is 5.17. The Morgan fingerprint density at radius 2 is 2.35 bits per heavy atom. The second kappa shape index (κ2) is 6.49. The number of rotatable bonds is 6. The van der Waals surface area contributed by atoms with Crippen LogP contribution < -0.4 is 15.8 Å². The number of carbonyl (C=O) groups excluding carboxylic acids is 1. The summed E-state index contributed by atoms with van der Waals surface area (Å²) in [7, 11) is 1.61. The van der Waals surface area contributed by atoms with Crippen molar-refractivity contribution in [1.29, 1.82) is 0 Å². The van der Waals surface area contributed by atoms with Gasteiger partial charge in [0.25, 0.3) is 0 Å². The van der Waals surface area contributed by atoms with Gasteiger partial charge in [-0.1, -0.05) is 0 Å². The van der Waals surface area contributed by atoms with Crippen LogP contribution in [0.2, 0.25) is 0 Å². The van der Waals surface area contributed by atoms with Gasteiger partial charge in [-0.2, -0.15) is 0 Å². The summed E-state index contributed by atoms with van der Waals surface area (Å²) in [6.07, 6.45) is 3.62. The first-order valence-corrected chi connectivity index (χ1v) is 7.19. The number of methoxy groups -OCH3 is 1. The molecular formula is C15H18N6O2. The van der Waals surface area contributed by atoms with Crippen LogP contribution in [0.1, 0.15) is 11.5 Å². The third-order valence-corrected chi connectivity index (χ3v) is 3.50. The Morgan fingerprint density at radius 3 is 3.09 bits per heavy atom. The summed E-state index contributed by atoms with van der Waals surface area (Å²) in [5.74, 6) is 1.17. The Hall–Kier alpha value is -2.87. The second-order valence-corrected chi connectivity index (χ2v) is 5.17. The highest BCUT2D eigenvalue weighted by Gasteiger charge is 2.15. The minimum Gasteiger partial charge on any atom is -0.497 e. The fourth-order valence-corrected chi connectivity index (χ4v) is 2.28. The van der Waals surface area contributed by atoms with Crippen LogP contribution in [0.5, 0.6) is 5.75 Å². The van der Waals surface area contributed by atoms with E-state index in [9.17, 15) is 4.79 Å². The van der Waals surface area contributed by atoms with Crippen LogP contribution >= 0.6 is 0 Å². The molecule has 0 aliphatic carbocycles. The first-order valence-electron chi connectivity index (χ1n) is 7.19.